The number of rotatable bonds is 4. The van der Waals surface area contributed by atoms with Crippen LogP contribution in [-0.4, -0.2) is 12.1 Å². The highest BCUT2D eigenvalue weighted by Crippen LogP contribution is 2.20. The number of amides is 1. The first-order chi connectivity index (χ1) is 11.2. The van der Waals surface area contributed by atoms with Gasteiger partial charge in [-0.25, -0.2) is 0 Å². The van der Waals surface area contributed by atoms with Crippen LogP contribution in [0.4, 0.5) is 11.4 Å². The maximum absolute atomic E-state index is 12.2. The third-order valence-corrected chi connectivity index (χ3v) is 4.26. The molecule has 0 aliphatic heterocycles. The van der Waals surface area contributed by atoms with Gasteiger partial charge in [-0.3, -0.25) is 9.79 Å². The summed E-state index contributed by atoms with van der Waals surface area (Å²) in [6, 6.07) is 18.3. The molecule has 3 nitrogen and oxygen atoms in total. The molecule has 0 unspecified atom stereocenters. The highest BCUT2D eigenvalue weighted by molar-refractivity contribution is 7.11. The van der Waals surface area contributed by atoms with E-state index in [1.54, 1.807) is 35.6 Å². The number of carbonyl (C=O) groups excluding carboxylic acids is 1. The summed E-state index contributed by atoms with van der Waals surface area (Å²) in [4.78, 5) is 17.7. The van der Waals surface area contributed by atoms with E-state index < -0.39 is 0 Å². The van der Waals surface area contributed by atoms with Crippen molar-refractivity contribution in [1.29, 1.82) is 0 Å². The number of nitrogens with one attached hydrogen (secondary N) is 1. The van der Waals surface area contributed by atoms with E-state index in [1.165, 1.54) is 0 Å². The molecular weight excluding hydrogens is 328 g/mol. The molecule has 1 amide bonds. The lowest BCUT2D eigenvalue weighted by atomic mass is 10.2. The van der Waals surface area contributed by atoms with Gasteiger partial charge in [0, 0.05) is 16.8 Å². The molecule has 1 aromatic heterocycles. The summed E-state index contributed by atoms with van der Waals surface area (Å²) in [5.41, 5.74) is 1.98. The number of halogens is 1. The number of hydrogen-bond donors (Lipinski definition) is 1. The minimum Gasteiger partial charge on any atom is -0.322 e. The van der Waals surface area contributed by atoms with Crippen molar-refractivity contribution in [3.8, 4) is 0 Å². The van der Waals surface area contributed by atoms with Crippen molar-refractivity contribution in [1.82, 2.24) is 0 Å². The van der Waals surface area contributed by atoms with Gasteiger partial charge in [-0.1, -0.05) is 29.8 Å². The minimum absolute atomic E-state index is 0.231. The predicted octanol–water partition coefficient (Wildman–Crippen LogP) is 5.40. The molecule has 0 spiro atoms. The third kappa shape index (κ3) is 4.06. The van der Waals surface area contributed by atoms with Crippen LogP contribution in [0.15, 0.2) is 71.0 Å². The van der Waals surface area contributed by atoms with Crippen LogP contribution < -0.4 is 5.32 Å². The number of thiophene rings is 1. The van der Waals surface area contributed by atoms with Gasteiger partial charge in [0.2, 0.25) is 0 Å². The highest BCUT2D eigenvalue weighted by atomic mass is 35.5. The molecule has 0 radical (unpaired) electrons. The van der Waals surface area contributed by atoms with E-state index in [0.29, 0.717) is 16.3 Å². The van der Waals surface area contributed by atoms with E-state index >= 15 is 0 Å². The highest BCUT2D eigenvalue weighted by Gasteiger charge is 2.09. The second kappa shape index (κ2) is 7.22. The molecule has 0 aliphatic carbocycles. The number of hydrogen-bond acceptors (Lipinski definition) is 3. The Morgan fingerprint density at radius 2 is 1.83 bits per heavy atom. The Balaban J connectivity index is 1.68. The van der Waals surface area contributed by atoms with Crippen LogP contribution in [-0.2, 0) is 0 Å². The Morgan fingerprint density at radius 3 is 2.52 bits per heavy atom. The van der Waals surface area contributed by atoms with Gasteiger partial charge < -0.3 is 5.32 Å². The summed E-state index contributed by atoms with van der Waals surface area (Å²) in [6.07, 6.45) is 1.82. The van der Waals surface area contributed by atoms with E-state index in [2.05, 4.69) is 10.3 Å². The molecule has 0 aliphatic rings. The smallest absolute Gasteiger partial charge is 0.257 e. The van der Waals surface area contributed by atoms with Crippen LogP contribution in [0.3, 0.4) is 0 Å². The lowest BCUT2D eigenvalue weighted by molar-refractivity contribution is 0.102. The Kier molecular flexibility index (Phi) is 4.86. The van der Waals surface area contributed by atoms with Crippen molar-refractivity contribution < 1.29 is 4.79 Å². The normalized spacial score (nSPS) is 10.8. The van der Waals surface area contributed by atoms with Gasteiger partial charge in [0.25, 0.3) is 5.91 Å². The van der Waals surface area contributed by atoms with E-state index in [9.17, 15) is 4.79 Å². The first-order valence-corrected chi connectivity index (χ1v) is 8.22. The van der Waals surface area contributed by atoms with Crippen LogP contribution in [0, 0.1) is 0 Å². The summed E-state index contributed by atoms with van der Waals surface area (Å²) in [5.74, 6) is -0.231. The number of benzene rings is 2. The van der Waals surface area contributed by atoms with E-state index in [1.807, 2.05) is 48.0 Å². The zero-order chi connectivity index (χ0) is 16.1. The molecular formula is C18H13ClN2OS. The van der Waals surface area contributed by atoms with Gasteiger partial charge >= 0.3 is 0 Å². The largest absolute Gasteiger partial charge is 0.322 e. The Morgan fingerprint density at radius 1 is 1.04 bits per heavy atom. The monoisotopic (exact) mass is 340 g/mol. The number of aliphatic imine (C=N–C) groups is 1. The molecule has 23 heavy (non-hydrogen) atoms. The standard InChI is InChI=1S/C18H13ClN2OS/c19-17-6-2-1-5-16(17)18(22)21-14-9-7-13(8-10-14)20-12-15-4-3-11-23-15/h1-12H,(H,21,22). The van der Waals surface area contributed by atoms with Crippen molar-refractivity contribution in [2.75, 3.05) is 5.32 Å². The summed E-state index contributed by atoms with van der Waals surface area (Å²) >= 11 is 7.66. The molecule has 0 bridgehead atoms. The van der Waals surface area contributed by atoms with Gasteiger partial charge in [0.15, 0.2) is 0 Å². The summed E-state index contributed by atoms with van der Waals surface area (Å²) in [6.45, 7) is 0. The SMILES string of the molecule is O=C(Nc1ccc(N=Cc2cccs2)cc1)c1ccccc1Cl. The lowest BCUT2D eigenvalue weighted by Crippen LogP contribution is -2.12. The molecule has 0 saturated heterocycles. The average molecular weight is 341 g/mol. The molecule has 3 rings (SSSR count). The fraction of sp³-hybridized carbons (Fsp3) is 0. The lowest BCUT2D eigenvalue weighted by Gasteiger charge is -2.06. The number of nitrogens with zero attached hydrogens (tertiary/aromatic N) is 1. The zero-order valence-corrected chi connectivity index (χ0v) is 13.6. The van der Waals surface area contributed by atoms with Crippen molar-refractivity contribution >= 4 is 46.4 Å². The molecule has 2 aromatic carbocycles. The molecule has 0 fully saturated rings. The predicted molar refractivity (Wildman–Crippen MR) is 97.4 cm³/mol. The second-order valence-electron chi connectivity index (χ2n) is 4.75. The molecule has 0 atom stereocenters. The van der Waals surface area contributed by atoms with Gasteiger partial charge in [0.1, 0.15) is 0 Å². The molecule has 1 heterocycles. The van der Waals surface area contributed by atoms with E-state index in [-0.39, 0.29) is 5.91 Å². The first-order valence-electron chi connectivity index (χ1n) is 6.96. The average Bonchev–Trinajstić information content (AvgIpc) is 3.08. The van der Waals surface area contributed by atoms with Gasteiger partial charge in [-0.15, -0.1) is 11.3 Å². The maximum atomic E-state index is 12.2. The first kappa shape index (κ1) is 15.5. The molecule has 3 aromatic rings. The Labute approximate surface area is 143 Å². The van der Waals surface area contributed by atoms with Gasteiger partial charge in [-0.2, -0.15) is 0 Å². The van der Waals surface area contributed by atoms with E-state index in [0.717, 1.165) is 10.6 Å². The molecule has 0 saturated carbocycles. The molecule has 1 N–H and O–H groups in total. The Bertz CT molecular complexity index is 826. The topological polar surface area (TPSA) is 41.5 Å². The van der Waals surface area contributed by atoms with Crippen molar-refractivity contribution in [3.05, 3.63) is 81.5 Å². The van der Waals surface area contributed by atoms with Crippen LogP contribution in [0.5, 0.6) is 0 Å². The summed E-state index contributed by atoms with van der Waals surface area (Å²) in [7, 11) is 0. The van der Waals surface area contributed by atoms with Gasteiger partial charge in [0.05, 0.1) is 16.3 Å². The Hall–Kier alpha value is -2.43. The van der Waals surface area contributed by atoms with E-state index in [4.69, 9.17) is 11.6 Å². The zero-order valence-electron chi connectivity index (χ0n) is 12.1. The van der Waals surface area contributed by atoms with Crippen LogP contribution in [0.1, 0.15) is 15.2 Å². The number of carbonyl (C=O) groups is 1. The van der Waals surface area contributed by atoms with Crippen LogP contribution >= 0.6 is 22.9 Å². The summed E-state index contributed by atoms with van der Waals surface area (Å²) in [5, 5.41) is 5.26. The molecule has 5 heteroatoms. The second-order valence-corrected chi connectivity index (χ2v) is 6.14. The minimum atomic E-state index is -0.231. The quantitative estimate of drug-likeness (QED) is 0.634. The van der Waals surface area contributed by atoms with Crippen molar-refractivity contribution in [3.63, 3.8) is 0 Å². The third-order valence-electron chi connectivity index (χ3n) is 3.13. The van der Waals surface area contributed by atoms with Crippen molar-refractivity contribution in [2.45, 2.75) is 0 Å². The molecule has 114 valence electrons. The maximum Gasteiger partial charge on any atom is 0.257 e. The van der Waals surface area contributed by atoms with Crippen LogP contribution in [0.25, 0.3) is 0 Å². The fourth-order valence-electron chi connectivity index (χ4n) is 1.98. The summed E-state index contributed by atoms with van der Waals surface area (Å²) < 4.78 is 0. The fourth-order valence-corrected chi connectivity index (χ4v) is 2.78. The van der Waals surface area contributed by atoms with Crippen LogP contribution in [0.2, 0.25) is 5.02 Å². The van der Waals surface area contributed by atoms with Crippen molar-refractivity contribution in [2.24, 2.45) is 4.99 Å². The number of anilines is 1. The van der Waals surface area contributed by atoms with Gasteiger partial charge in [-0.05, 0) is 47.8 Å².